The van der Waals surface area contributed by atoms with Gasteiger partial charge in [-0.05, 0) is 47.3 Å². The van der Waals surface area contributed by atoms with Gasteiger partial charge in [0.15, 0.2) is 0 Å². The van der Waals surface area contributed by atoms with Crippen molar-refractivity contribution in [3.05, 3.63) is 22.3 Å². The Hall–Kier alpha value is -0.280. The van der Waals surface area contributed by atoms with Gasteiger partial charge < -0.3 is 4.90 Å². The van der Waals surface area contributed by atoms with Crippen molar-refractivity contribution in [3.8, 4) is 0 Å². The van der Waals surface area contributed by atoms with E-state index in [2.05, 4.69) is 38.8 Å². The van der Waals surface area contributed by atoms with Gasteiger partial charge in [0, 0.05) is 24.7 Å². The third kappa shape index (κ3) is 2.28. The summed E-state index contributed by atoms with van der Waals surface area (Å²) >= 11 is 9.33. The summed E-state index contributed by atoms with van der Waals surface area (Å²) in [5, 5.41) is 0. The molecule has 0 bridgehead atoms. The first-order valence-electron chi connectivity index (χ1n) is 5.19. The van der Waals surface area contributed by atoms with E-state index < -0.39 is 0 Å². The molecule has 1 aliphatic heterocycles. The third-order valence-electron chi connectivity index (χ3n) is 2.86. The van der Waals surface area contributed by atoms with Gasteiger partial charge in [-0.3, -0.25) is 0 Å². The first kappa shape index (κ1) is 11.2. The minimum Gasteiger partial charge on any atom is -0.353 e. The Labute approximate surface area is 104 Å². The molecule has 15 heavy (non-hydrogen) atoms. The topological polar surface area (TPSA) is 16.1 Å². The Morgan fingerprint density at radius 3 is 3.00 bits per heavy atom. The molecule has 0 amide bonds. The minimum atomic E-state index is 0.515. The maximum Gasteiger partial charge on any atom is 0.143 e. The molecule has 1 atom stereocenters. The highest BCUT2D eigenvalue weighted by Gasteiger charge is 2.23. The highest BCUT2D eigenvalue weighted by atomic mass is 79.9. The fourth-order valence-electron chi connectivity index (χ4n) is 2.00. The van der Waals surface area contributed by atoms with E-state index in [9.17, 15) is 0 Å². The summed E-state index contributed by atoms with van der Waals surface area (Å²) in [4.78, 5) is 6.83. The first-order chi connectivity index (χ1) is 7.22. The number of aromatic nitrogens is 1. The van der Waals surface area contributed by atoms with E-state index in [0.29, 0.717) is 11.9 Å². The molecule has 0 N–H and O–H groups in total. The Morgan fingerprint density at radius 1 is 1.67 bits per heavy atom. The number of halogens is 2. The maximum atomic E-state index is 5.77. The van der Waals surface area contributed by atoms with Crippen LogP contribution in [0.15, 0.2) is 16.7 Å². The number of pyridine rings is 1. The van der Waals surface area contributed by atoms with Crippen LogP contribution in [-0.2, 0) is 5.88 Å². The summed E-state index contributed by atoms with van der Waals surface area (Å²) in [5.41, 5.74) is 1.05. The Balaban J connectivity index is 2.28. The van der Waals surface area contributed by atoms with Crippen LogP contribution in [0.5, 0.6) is 0 Å². The molecule has 1 aromatic rings. The third-order valence-corrected chi connectivity index (χ3v) is 3.75. The lowest BCUT2D eigenvalue weighted by Gasteiger charge is -2.23. The monoisotopic (exact) mass is 288 g/mol. The lowest BCUT2D eigenvalue weighted by atomic mass is 10.2. The molecule has 82 valence electrons. The van der Waals surface area contributed by atoms with Crippen LogP contribution in [0.1, 0.15) is 25.3 Å². The lowest BCUT2D eigenvalue weighted by molar-refractivity contribution is 0.725. The highest BCUT2D eigenvalue weighted by molar-refractivity contribution is 9.10. The predicted molar refractivity (Wildman–Crippen MR) is 67.5 cm³/mol. The molecule has 0 saturated carbocycles. The van der Waals surface area contributed by atoms with Crippen molar-refractivity contribution in [3.63, 3.8) is 0 Å². The van der Waals surface area contributed by atoms with Crippen LogP contribution in [0, 0.1) is 0 Å². The fraction of sp³-hybridized carbons (Fsp3) is 0.545. The zero-order valence-corrected chi connectivity index (χ0v) is 11.1. The number of nitrogens with zero attached hydrogens (tertiary/aromatic N) is 2. The van der Waals surface area contributed by atoms with Gasteiger partial charge in [0.2, 0.25) is 0 Å². The zero-order chi connectivity index (χ0) is 10.8. The van der Waals surface area contributed by atoms with Gasteiger partial charge in [0.05, 0.1) is 4.47 Å². The molecule has 0 aromatic carbocycles. The van der Waals surface area contributed by atoms with E-state index in [1.54, 1.807) is 0 Å². The van der Waals surface area contributed by atoms with Crippen LogP contribution >= 0.6 is 27.5 Å². The molecule has 0 radical (unpaired) electrons. The second-order valence-electron chi connectivity index (χ2n) is 3.97. The average Bonchev–Trinajstić information content (AvgIpc) is 2.64. The van der Waals surface area contributed by atoms with Crippen molar-refractivity contribution in [1.29, 1.82) is 0 Å². The van der Waals surface area contributed by atoms with Crippen molar-refractivity contribution in [2.45, 2.75) is 31.7 Å². The van der Waals surface area contributed by atoms with Crippen molar-refractivity contribution in [2.75, 3.05) is 11.4 Å². The van der Waals surface area contributed by atoms with E-state index in [1.165, 1.54) is 12.8 Å². The number of hydrogen-bond donors (Lipinski definition) is 0. The molecular formula is C11H14BrClN2. The summed E-state index contributed by atoms with van der Waals surface area (Å²) in [5.74, 6) is 1.57. The average molecular weight is 290 g/mol. The molecular weight excluding hydrogens is 275 g/mol. The molecule has 2 rings (SSSR count). The molecule has 4 heteroatoms. The highest BCUT2D eigenvalue weighted by Crippen LogP contribution is 2.30. The molecule has 0 spiro atoms. The smallest absolute Gasteiger partial charge is 0.143 e. The second kappa shape index (κ2) is 4.71. The van der Waals surface area contributed by atoms with Gasteiger partial charge >= 0.3 is 0 Å². The molecule has 1 aromatic heterocycles. The van der Waals surface area contributed by atoms with Gasteiger partial charge in [-0.1, -0.05) is 0 Å². The first-order valence-corrected chi connectivity index (χ1v) is 6.52. The van der Waals surface area contributed by atoms with Gasteiger partial charge in [-0.25, -0.2) is 4.98 Å². The van der Waals surface area contributed by atoms with E-state index in [0.717, 1.165) is 22.4 Å². The van der Waals surface area contributed by atoms with Crippen molar-refractivity contribution < 1.29 is 0 Å². The number of hydrogen-bond acceptors (Lipinski definition) is 2. The van der Waals surface area contributed by atoms with E-state index in [-0.39, 0.29) is 0 Å². The summed E-state index contributed by atoms with van der Waals surface area (Å²) in [6.07, 6.45) is 4.37. The van der Waals surface area contributed by atoms with E-state index >= 15 is 0 Å². The Bertz CT molecular complexity index is 356. The minimum absolute atomic E-state index is 0.515. The van der Waals surface area contributed by atoms with Crippen molar-refractivity contribution in [1.82, 2.24) is 4.98 Å². The second-order valence-corrected chi connectivity index (χ2v) is 5.09. The van der Waals surface area contributed by atoms with Crippen molar-refractivity contribution >= 4 is 33.3 Å². The van der Waals surface area contributed by atoms with Crippen LogP contribution in [0.25, 0.3) is 0 Å². The maximum absolute atomic E-state index is 5.77. The molecule has 2 nitrogen and oxygen atoms in total. The largest absolute Gasteiger partial charge is 0.353 e. The van der Waals surface area contributed by atoms with Gasteiger partial charge in [0.1, 0.15) is 5.82 Å². The molecule has 0 aliphatic carbocycles. The van der Waals surface area contributed by atoms with Crippen LogP contribution in [0.3, 0.4) is 0 Å². The van der Waals surface area contributed by atoms with Crippen LogP contribution in [-0.4, -0.2) is 17.6 Å². The SMILES string of the molecule is CC1CCCN1c1ncc(CCl)cc1Br. The summed E-state index contributed by atoms with van der Waals surface area (Å²) < 4.78 is 1.05. The lowest BCUT2D eigenvalue weighted by Crippen LogP contribution is -2.27. The van der Waals surface area contributed by atoms with E-state index in [4.69, 9.17) is 11.6 Å². The Kier molecular flexibility index (Phi) is 3.52. The van der Waals surface area contributed by atoms with E-state index in [1.807, 2.05) is 6.20 Å². The number of anilines is 1. The molecule has 1 aliphatic rings. The summed E-state index contributed by atoms with van der Waals surface area (Å²) in [6.45, 7) is 3.35. The summed E-state index contributed by atoms with van der Waals surface area (Å²) in [6, 6.07) is 2.65. The molecule has 1 saturated heterocycles. The van der Waals surface area contributed by atoms with Crippen molar-refractivity contribution in [2.24, 2.45) is 0 Å². The predicted octanol–water partition coefficient (Wildman–Crippen LogP) is 3.57. The number of alkyl halides is 1. The zero-order valence-electron chi connectivity index (χ0n) is 8.71. The molecule has 1 unspecified atom stereocenters. The molecule has 1 fully saturated rings. The Morgan fingerprint density at radius 2 is 2.47 bits per heavy atom. The summed E-state index contributed by atoms with van der Waals surface area (Å²) in [7, 11) is 0. The van der Waals surface area contributed by atoms with Gasteiger partial charge in [-0.2, -0.15) is 0 Å². The fourth-order valence-corrected chi connectivity index (χ4v) is 2.77. The van der Waals surface area contributed by atoms with Crippen LogP contribution in [0.4, 0.5) is 5.82 Å². The standard InChI is InChI=1S/C11H14BrClN2/c1-8-3-2-4-15(8)11-10(12)5-9(6-13)7-14-11/h5,7-8H,2-4,6H2,1H3. The normalized spacial score (nSPS) is 21.0. The number of rotatable bonds is 2. The van der Waals surface area contributed by atoms with Crippen LogP contribution in [0.2, 0.25) is 0 Å². The van der Waals surface area contributed by atoms with Gasteiger partial charge in [-0.15, -0.1) is 11.6 Å². The van der Waals surface area contributed by atoms with Crippen LogP contribution < -0.4 is 4.90 Å². The quantitative estimate of drug-likeness (QED) is 0.774. The molecule has 2 heterocycles. The van der Waals surface area contributed by atoms with Gasteiger partial charge in [0.25, 0.3) is 0 Å².